The number of carbonyl (C=O) groups excluding carboxylic acids is 1. The van der Waals surface area contributed by atoms with Crippen LogP contribution in [0.3, 0.4) is 0 Å². The van der Waals surface area contributed by atoms with Gasteiger partial charge in [-0.1, -0.05) is 0 Å². The molecule has 0 saturated heterocycles. The van der Waals surface area contributed by atoms with Crippen LogP contribution in [0.2, 0.25) is 0 Å². The van der Waals surface area contributed by atoms with Crippen LogP contribution in [-0.2, 0) is 18.3 Å². The SMILES string of the molecule is COc1cc(/C=N/NC(=O)Cc2cccn2C)cc(OC)c1O. The molecule has 0 aliphatic heterocycles. The number of phenols is 1. The first-order valence-electron chi connectivity index (χ1n) is 6.92. The van der Waals surface area contributed by atoms with Crippen LogP contribution in [0.25, 0.3) is 0 Å². The molecule has 0 atom stereocenters. The van der Waals surface area contributed by atoms with E-state index in [9.17, 15) is 9.90 Å². The van der Waals surface area contributed by atoms with Crippen LogP contribution in [0.15, 0.2) is 35.6 Å². The van der Waals surface area contributed by atoms with Gasteiger partial charge in [0.05, 0.1) is 26.9 Å². The predicted molar refractivity (Wildman–Crippen MR) is 86.1 cm³/mol. The highest BCUT2D eigenvalue weighted by molar-refractivity contribution is 5.84. The molecule has 0 radical (unpaired) electrons. The number of ether oxygens (including phenoxy) is 2. The quantitative estimate of drug-likeness (QED) is 0.623. The molecule has 0 bridgehead atoms. The fraction of sp³-hybridized carbons (Fsp3) is 0.250. The van der Waals surface area contributed by atoms with E-state index in [1.807, 2.05) is 29.9 Å². The number of rotatable bonds is 6. The first-order valence-corrected chi connectivity index (χ1v) is 6.92. The highest BCUT2D eigenvalue weighted by Gasteiger charge is 2.10. The van der Waals surface area contributed by atoms with E-state index in [0.29, 0.717) is 5.56 Å². The van der Waals surface area contributed by atoms with Crippen molar-refractivity contribution in [1.29, 1.82) is 0 Å². The van der Waals surface area contributed by atoms with E-state index >= 15 is 0 Å². The molecule has 0 spiro atoms. The smallest absolute Gasteiger partial charge is 0.245 e. The van der Waals surface area contributed by atoms with Crippen LogP contribution in [0.5, 0.6) is 17.2 Å². The van der Waals surface area contributed by atoms with Crippen LogP contribution in [-0.4, -0.2) is 36.0 Å². The molecule has 0 aliphatic carbocycles. The Morgan fingerprint density at radius 2 is 2.00 bits per heavy atom. The maximum absolute atomic E-state index is 11.8. The Balaban J connectivity index is 2.03. The van der Waals surface area contributed by atoms with E-state index in [-0.39, 0.29) is 29.6 Å². The van der Waals surface area contributed by atoms with Gasteiger partial charge < -0.3 is 19.1 Å². The summed E-state index contributed by atoms with van der Waals surface area (Å²) in [4.78, 5) is 11.8. The van der Waals surface area contributed by atoms with E-state index in [4.69, 9.17) is 9.47 Å². The Labute approximate surface area is 134 Å². The fourth-order valence-corrected chi connectivity index (χ4v) is 2.05. The number of carbonyl (C=O) groups is 1. The number of aromatic hydroxyl groups is 1. The zero-order chi connectivity index (χ0) is 16.8. The molecule has 1 aromatic heterocycles. The number of aryl methyl sites for hydroxylation is 1. The summed E-state index contributed by atoms with van der Waals surface area (Å²) in [6.45, 7) is 0. The molecular formula is C16H19N3O4. The number of methoxy groups -OCH3 is 2. The Hall–Kier alpha value is -2.96. The molecule has 2 N–H and O–H groups in total. The molecule has 122 valence electrons. The molecule has 0 fully saturated rings. The molecular weight excluding hydrogens is 298 g/mol. The van der Waals surface area contributed by atoms with Crippen LogP contribution in [0.1, 0.15) is 11.3 Å². The summed E-state index contributed by atoms with van der Waals surface area (Å²) in [5.41, 5.74) is 3.97. The minimum Gasteiger partial charge on any atom is -0.502 e. The lowest BCUT2D eigenvalue weighted by Crippen LogP contribution is -2.20. The Morgan fingerprint density at radius 1 is 1.35 bits per heavy atom. The topological polar surface area (TPSA) is 85.1 Å². The second-order valence-corrected chi connectivity index (χ2v) is 4.85. The van der Waals surface area contributed by atoms with Crippen LogP contribution in [0.4, 0.5) is 0 Å². The average Bonchev–Trinajstić information content (AvgIpc) is 2.93. The van der Waals surface area contributed by atoms with E-state index in [2.05, 4.69) is 10.5 Å². The van der Waals surface area contributed by atoms with Crippen molar-refractivity contribution in [1.82, 2.24) is 9.99 Å². The van der Waals surface area contributed by atoms with Gasteiger partial charge in [-0.3, -0.25) is 4.79 Å². The second kappa shape index (κ2) is 7.35. The summed E-state index contributed by atoms with van der Waals surface area (Å²) in [6, 6.07) is 6.93. The lowest BCUT2D eigenvalue weighted by molar-refractivity contribution is -0.120. The van der Waals surface area contributed by atoms with Crippen molar-refractivity contribution in [2.75, 3.05) is 14.2 Å². The van der Waals surface area contributed by atoms with E-state index in [0.717, 1.165) is 5.69 Å². The third-order valence-corrected chi connectivity index (χ3v) is 3.30. The van der Waals surface area contributed by atoms with Gasteiger partial charge in [-0.2, -0.15) is 5.10 Å². The lowest BCUT2D eigenvalue weighted by Gasteiger charge is -2.09. The molecule has 1 amide bonds. The molecule has 23 heavy (non-hydrogen) atoms. The summed E-state index contributed by atoms with van der Waals surface area (Å²) in [5.74, 6) is 0.225. The minimum atomic E-state index is -0.222. The van der Waals surface area contributed by atoms with Crippen LogP contribution in [0, 0.1) is 0 Å². The number of hydrogen-bond donors (Lipinski definition) is 2. The van der Waals surface area contributed by atoms with Gasteiger partial charge in [0.2, 0.25) is 11.7 Å². The van der Waals surface area contributed by atoms with Gasteiger partial charge in [0.15, 0.2) is 11.5 Å². The number of hydrogen-bond acceptors (Lipinski definition) is 5. The second-order valence-electron chi connectivity index (χ2n) is 4.85. The Kier molecular flexibility index (Phi) is 5.24. The molecule has 1 aromatic carbocycles. The third-order valence-electron chi connectivity index (χ3n) is 3.30. The molecule has 2 aromatic rings. The minimum absolute atomic E-state index is 0.0834. The number of nitrogens with zero attached hydrogens (tertiary/aromatic N) is 2. The summed E-state index contributed by atoms with van der Waals surface area (Å²) in [6.07, 6.45) is 3.57. The van der Waals surface area contributed by atoms with E-state index in [1.165, 1.54) is 20.4 Å². The average molecular weight is 317 g/mol. The maximum atomic E-state index is 11.8. The van der Waals surface area contributed by atoms with Crippen molar-refractivity contribution in [2.45, 2.75) is 6.42 Å². The number of aromatic nitrogens is 1. The van der Waals surface area contributed by atoms with Crippen molar-refractivity contribution >= 4 is 12.1 Å². The zero-order valence-corrected chi connectivity index (χ0v) is 13.2. The largest absolute Gasteiger partial charge is 0.502 e. The van der Waals surface area contributed by atoms with E-state index in [1.54, 1.807) is 12.1 Å². The van der Waals surface area contributed by atoms with Gasteiger partial charge in [-0.25, -0.2) is 5.43 Å². The molecule has 0 saturated carbocycles. The molecule has 1 heterocycles. The van der Waals surface area contributed by atoms with Gasteiger partial charge >= 0.3 is 0 Å². The maximum Gasteiger partial charge on any atom is 0.245 e. The van der Waals surface area contributed by atoms with Gasteiger partial charge in [0.1, 0.15) is 0 Å². The predicted octanol–water partition coefficient (Wildman–Crippen LogP) is 1.44. The monoisotopic (exact) mass is 317 g/mol. The fourth-order valence-electron chi connectivity index (χ4n) is 2.05. The van der Waals surface area contributed by atoms with Crippen molar-refractivity contribution in [2.24, 2.45) is 12.1 Å². The number of hydrazone groups is 1. The molecule has 2 rings (SSSR count). The Morgan fingerprint density at radius 3 is 2.52 bits per heavy atom. The number of amides is 1. The lowest BCUT2D eigenvalue weighted by atomic mass is 10.2. The number of phenolic OH excluding ortho intramolecular Hbond substituents is 1. The van der Waals surface area contributed by atoms with E-state index < -0.39 is 0 Å². The van der Waals surface area contributed by atoms with Gasteiger partial charge in [-0.15, -0.1) is 0 Å². The first-order chi connectivity index (χ1) is 11.0. The highest BCUT2D eigenvalue weighted by atomic mass is 16.5. The zero-order valence-electron chi connectivity index (χ0n) is 13.2. The van der Waals surface area contributed by atoms with Gasteiger partial charge in [0.25, 0.3) is 0 Å². The third kappa shape index (κ3) is 4.03. The first kappa shape index (κ1) is 16.4. The van der Waals surface area contributed by atoms with Crippen molar-refractivity contribution in [3.63, 3.8) is 0 Å². The molecule has 7 heteroatoms. The molecule has 0 aliphatic rings. The molecule has 0 unspecified atom stereocenters. The number of benzene rings is 1. The van der Waals surface area contributed by atoms with Crippen molar-refractivity contribution < 1.29 is 19.4 Å². The van der Waals surface area contributed by atoms with Crippen molar-refractivity contribution in [3.05, 3.63) is 41.7 Å². The summed E-state index contributed by atoms with van der Waals surface area (Å²) in [5, 5.41) is 13.7. The summed E-state index contributed by atoms with van der Waals surface area (Å²) < 4.78 is 12.0. The normalized spacial score (nSPS) is 10.7. The summed E-state index contributed by atoms with van der Waals surface area (Å²) >= 11 is 0. The van der Waals surface area contributed by atoms with Gasteiger partial charge in [-0.05, 0) is 24.3 Å². The van der Waals surface area contributed by atoms with Gasteiger partial charge in [0, 0.05) is 24.5 Å². The molecule has 7 nitrogen and oxygen atoms in total. The van der Waals surface area contributed by atoms with Crippen LogP contribution >= 0.6 is 0 Å². The Bertz CT molecular complexity index is 697. The number of nitrogens with one attached hydrogen (secondary N) is 1. The van der Waals surface area contributed by atoms with Crippen LogP contribution < -0.4 is 14.9 Å². The van der Waals surface area contributed by atoms with Crippen molar-refractivity contribution in [3.8, 4) is 17.2 Å². The highest BCUT2D eigenvalue weighted by Crippen LogP contribution is 2.36. The summed E-state index contributed by atoms with van der Waals surface area (Å²) in [7, 11) is 4.76. The standard InChI is InChI=1S/C16H19N3O4/c1-19-6-4-5-12(19)9-15(20)18-17-10-11-7-13(22-2)16(21)14(8-11)23-3/h4-8,10,21H,9H2,1-3H3,(H,18,20)/b17-10+.